The zero-order chi connectivity index (χ0) is 13.5. The zero-order valence-electron chi connectivity index (χ0n) is 11.8. The lowest BCUT2D eigenvalue weighted by Crippen LogP contribution is -2.25. The van der Waals surface area contributed by atoms with E-state index in [0.717, 1.165) is 24.3 Å². The van der Waals surface area contributed by atoms with E-state index in [0.29, 0.717) is 17.9 Å². The van der Waals surface area contributed by atoms with Crippen LogP contribution in [0.15, 0.2) is 24.3 Å². The van der Waals surface area contributed by atoms with Crippen molar-refractivity contribution in [3.05, 3.63) is 24.3 Å². The molecule has 1 saturated heterocycles. The number of rotatable bonds is 4. The number of carbonyl (C=O) groups excluding carboxylic acids is 1. The quantitative estimate of drug-likeness (QED) is 0.897. The third-order valence-corrected chi connectivity index (χ3v) is 4.72. The van der Waals surface area contributed by atoms with Crippen LogP contribution >= 0.6 is 0 Å². The maximum Gasteiger partial charge on any atom is 0.227 e. The summed E-state index contributed by atoms with van der Waals surface area (Å²) in [5, 5.41) is 3.57. The first kappa shape index (κ1) is 12.5. The summed E-state index contributed by atoms with van der Waals surface area (Å²) < 4.78 is 0. The lowest BCUT2D eigenvalue weighted by molar-refractivity contribution is -0.117. The molecule has 1 aliphatic heterocycles. The molecule has 1 aromatic carbocycles. The Morgan fingerprint density at radius 1 is 1.26 bits per heavy atom. The highest BCUT2D eigenvalue weighted by Gasteiger charge is 2.42. The van der Waals surface area contributed by atoms with Crippen molar-refractivity contribution < 1.29 is 4.79 Å². The fourth-order valence-electron chi connectivity index (χ4n) is 2.71. The molecule has 1 atom stereocenters. The summed E-state index contributed by atoms with van der Waals surface area (Å²) in [6.07, 6.45) is 4.31. The minimum atomic E-state index is 0.250. The Balaban J connectivity index is 1.67. The normalized spacial score (nSPS) is 22.4. The maximum absolute atomic E-state index is 11.7. The van der Waals surface area contributed by atoms with Crippen molar-refractivity contribution >= 4 is 17.3 Å². The predicted molar refractivity (Wildman–Crippen MR) is 78.5 cm³/mol. The van der Waals surface area contributed by atoms with Gasteiger partial charge in [0.25, 0.3) is 0 Å². The van der Waals surface area contributed by atoms with Crippen LogP contribution in [0.2, 0.25) is 0 Å². The molecule has 0 aromatic heterocycles. The largest absolute Gasteiger partial charge is 0.382 e. The maximum atomic E-state index is 11.7. The van der Waals surface area contributed by atoms with Crippen LogP contribution in [-0.4, -0.2) is 18.5 Å². The third kappa shape index (κ3) is 2.46. The number of carbonyl (C=O) groups is 1. The van der Waals surface area contributed by atoms with Crippen molar-refractivity contribution in [3.63, 3.8) is 0 Å². The summed E-state index contributed by atoms with van der Waals surface area (Å²) >= 11 is 0. The van der Waals surface area contributed by atoms with Crippen LogP contribution in [0.3, 0.4) is 0 Å². The van der Waals surface area contributed by atoms with Gasteiger partial charge in [0.05, 0.1) is 0 Å². The first-order valence-corrected chi connectivity index (χ1v) is 7.25. The van der Waals surface area contributed by atoms with Gasteiger partial charge in [-0.2, -0.15) is 0 Å². The van der Waals surface area contributed by atoms with Gasteiger partial charge < -0.3 is 10.2 Å². The van der Waals surface area contributed by atoms with Gasteiger partial charge in [0, 0.05) is 30.4 Å². The topological polar surface area (TPSA) is 32.3 Å². The van der Waals surface area contributed by atoms with Crippen molar-refractivity contribution in [1.29, 1.82) is 0 Å². The molecule has 3 nitrogen and oxygen atoms in total. The predicted octanol–water partition coefficient (Wildman–Crippen LogP) is 3.41. The van der Waals surface area contributed by atoms with Crippen molar-refractivity contribution in [1.82, 2.24) is 0 Å². The first-order chi connectivity index (χ1) is 9.08. The summed E-state index contributed by atoms with van der Waals surface area (Å²) in [6, 6.07) is 8.78. The molecule has 19 heavy (non-hydrogen) atoms. The van der Waals surface area contributed by atoms with E-state index < -0.39 is 0 Å². The molecule has 1 unspecified atom stereocenters. The van der Waals surface area contributed by atoms with E-state index in [9.17, 15) is 4.79 Å². The van der Waals surface area contributed by atoms with Crippen LogP contribution in [0.5, 0.6) is 0 Å². The van der Waals surface area contributed by atoms with Gasteiger partial charge in [-0.15, -0.1) is 0 Å². The second kappa shape index (κ2) is 4.55. The molecule has 0 spiro atoms. The van der Waals surface area contributed by atoms with Gasteiger partial charge in [-0.1, -0.05) is 6.92 Å². The third-order valence-electron chi connectivity index (χ3n) is 4.72. The van der Waals surface area contributed by atoms with Crippen molar-refractivity contribution in [2.24, 2.45) is 5.41 Å². The molecular formula is C16H22N2O. The van der Waals surface area contributed by atoms with Gasteiger partial charge in [0.15, 0.2) is 0 Å². The van der Waals surface area contributed by atoms with Gasteiger partial charge >= 0.3 is 0 Å². The molecule has 102 valence electrons. The lowest BCUT2D eigenvalue weighted by Gasteiger charge is -2.22. The zero-order valence-corrected chi connectivity index (χ0v) is 11.8. The van der Waals surface area contributed by atoms with Gasteiger partial charge in [-0.3, -0.25) is 4.79 Å². The number of nitrogens with one attached hydrogen (secondary N) is 1. The fraction of sp³-hybridized carbons (Fsp3) is 0.562. The van der Waals surface area contributed by atoms with Crippen molar-refractivity contribution in [3.8, 4) is 0 Å². The molecule has 2 fully saturated rings. The number of anilines is 2. The summed E-state index contributed by atoms with van der Waals surface area (Å²) in [6.45, 7) is 5.45. The molecule has 3 rings (SSSR count). The number of amides is 1. The van der Waals surface area contributed by atoms with Crippen LogP contribution in [0.25, 0.3) is 0 Å². The highest BCUT2D eigenvalue weighted by molar-refractivity contribution is 5.95. The minimum absolute atomic E-state index is 0.250. The standard InChI is InChI=1S/C16H22N2O/c1-12(16(2)9-10-16)17-13-5-7-14(8-6-13)18-11-3-4-15(18)19/h5-8,12,17H,3-4,9-11H2,1-2H3. The van der Waals surface area contributed by atoms with E-state index in [1.54, 1.807) is 0 Å². The Morgan fingerprint density at radius 2 is 1.95 bits per heavy atom. The highest BCUT2D eigenvalue weighted by Crippen LogP contribution is 2.48. The molecule has 1 aromatic rings. The molecule has 3 heteroatoms. The second-order valence-corrected chi connectivity index (χ2v) is 6.22. The molecule has 0 bridgehead atoms. The molecule has 1 aliphatic carbocycles. The van der Waals surface area contributed by atoms with Gasteiger partial charge in [0.2, 0.25) is 5.91 Å². The molecule has 2 aliphatic rings. The monoisotopic (exact) mass is 258 g/mol. The highest BCUT2D eigenvalue weighted by atomic mass is 16.2. The number of hydrogen-bond acceptors (Lipinski definition) is 2. The number of hydrogen-bond donors (Lipinski definition) is 1. The fourth-order valence-corrected chi connectivity index (χ4v) is 2.71. The van der Waals surface area contributed by atoms with E-state index in [2.05, 4.69) is 31.3 Å². The Hall–Kier alpha value is -1.51. The average Bonchev–Trinajstić information content (AvgIpc) is 3.01. The van der Waals surface area contributed by atoms with E-state index in [1.165, 1.54) is 12.8 Å². The molecular weight excluding hydrogens is 236 g/mol. The van der Waals surface area contributed by atoms with Crippen molar-refractivity contribution in [2.45, 2.75) is 45.6 Å². The summed E-state index contributed by atoms with van der Waals surface area (Å²) in [4.78, 5) is 13.6. The smallest absolute Gasteiger partial charge is 0.227 e. The Labute approximate surface area is 115 Å². The molecule has 1 heterocycles. The van der Waals surface area contributed by atoms with Gasteiger partial charge in [0.1, 0.15) is 0 Å². The minimum Gasteiger partial charge on any atom is -0.382 e. The molecule has 1 amide bonds. The number of benzene rings is 1. The van der Waals surface area contributed by atoms with E-state index in [4.69, 9.17) is 0 Å². The van der Waals surface area contributed by atoms with Crippen LogP contribution < -0.4 is 10.2 Å². The summed E-state index contributed by atoms with van der Waals surface area (Å²) in [5.41, 5.74) is 2.65. The van der Waals surface area contributed by atoms with E-state index in [1.807, 2.05) is 17.0 Å². The van der Waals surface area contributed by atoms with E-state index in [-0.39, 0.29) is 5.91 Å². The van der Waals surface area contributed by atoms with E-state index >= 15 is 0 Å². The Morgan fingerprint density at radius 3 is 2.47 bits per heavy atom. The lowest BCUT2D eigenvalue weighted by atomic mass is 10.0. The Kier molecular flexibility index (Phi) is 3.00. The molecule has 1 saturated carbocycles. The number of nitrogens with zero attached hydrogens (tertiary/aromatic N) is 1. The Bertz CT molecular complexity index is 476. The van der Waals surface area contributed by atoms with Crippen LogP contribution in [-0.2, 0) is 4.79 Å². The molecule has 0 radical (unpaired) electrons. The van der Waals surface area contributed by atoms with Crippen LogP contribution in [0, 0.1) is 5.41 Å². The first-order valence-electron chi connectivity index (χ1n) is 7.25. The SMILES string of the molecule is CC(Nc1ccc(N2CCCC2=O)cc1)C1(C)CC1. The van der Waals surface area contributed by atoms with Gasteiger partial charge in [-0.05, 0) is 55.9 Å². The average molecular weight is 258 g/mol. The van der Waals surface area contributed by atoms with Crippen molar-refractivity contribution in [2.75, 3.05) is 16.8 Å². The van der Waals surface area contributed by atoms with Crippen LogP contribution in [0.1, 0.15) is 39.5 Å². The van der Waals surface area contributed by atoms with Crippen LogP contribution in [0.4, 0.5) is 11.4 Å². The molecule has 1 N–H and O–H groups in total. The summed E-state index contributed by atoms with van der Waals surface area (Å²) in [7, 11) is 0. The van der Waals surface area contributed by atoms with Gasteiger partial charge in [-0.25, -0.2) is 0 Å². The second-order valence-electron chi connectivity index (χ2n) is 6.22. The summed E-state index contributed by atoms with van der Waals surface area (Å²) in [5.74, 6) is 0.250.